The maximum atomic E-state index is 12.9. The number of fused-ring (bicyclic) bond motifs is 1. The van der Waals surface area contributed by atoms with Crippen molar-refractivity contribution in [2.45, 2.75) is 24.3 Å². The zero-order chi connectivity index (χ0) is 21.5. The van der Waals surface area contributed by atoms with Crippen LogP contribution in [0.4, 0.5) is 0 Å². The van der Waals surface area contributed by atoms with Gasteiger partial charge in [-0.05, 0) is 42.7 Å². The fourth-order valence-corrected chi connectivity index (χ4v) is 5.96. The molecule has 0 saturated carbocycles. The van der Waals surface area contributed by atoms with E-state index in [-0.39, 0.29) is 16.2 Å². The highest BCUT2D eigenvalue weighted by Crippen LogP contribution is 2.40. The molecule has 162 valence electrons. The topological polar surface area (TPSA) is 93.0 Å². The molecule has 4 heterocycles. The van der Waals surface area contributed by atoms with Gasteiger partial charge in [0.25, 0.3) is 5.91 Å². The second kappa shape index (κ2) is 7.74. The van der Waals surface area contributed by atoms with E-state index in [0.29, 0.717) is 31.8 Å². The van der Waals surface area contributed by atoms with E-state index in [1.807, 2.05) is 0 Å². The Bertz CT molecular complexity index is 1210. The van der Waals surface area contributed by atoms with Crippen molar-refractivity contribution in [3.05, 3.63) is 66.1 Å². The van der Waals surface area contributed by atoms with Crippen LogP contribution in [0.15, 0.2) is 59.9 Å². The average Bonchev–Trinajstić information content (AvgIpc) is 3.24. The summed E-state index contributed by atoms with van der Waals surface area (Å²) in [5.74, 6) is -0.201. The summed E-state index contributed by atoms with van der Waals surface area (Å²) >= 11 is 0. The summed E-state index contributed by atoms with van der Waals surface area (Å²) in [7, 11) is -3.50. The first kappa shape index (κ1) is 20.2. The molecule has 0 radical (unpaired) electrons. The maximum absolute atomic E-state index is 12.9. The van der Waals surface area contributed by atoms with E-state index in [1.54, 1.807) is 59.4 Å². The average molecular weight is 441 g/mol. The Morgan fingerprint density at radius 3 is 2.71 bits per heavy atom. The number of amides is 1. The van der Waals surface area contributed by atoms with Gasteiger partial charge in [-0.15, -0.1) is 0 Å². The first-order valence-corrected chi connectivity index (χ1v) is 11.8. The first-order valence-electron chi connectivity index (χ1n) is 10.3. The predicted octanol–water partition coefficient (Wildman–Crippen LogP) is 2.07. The van der Waals surface area contributed by atoms with Crippen molar-refractivity contribution in [3.8, 4) is 0 Å². The van der Waals surface area contributed by atoms with Gasteiger partial charge in [-0.25, -0.2) is 13.4 Å². The van der Waals surface area contributed by atoms with Crippen molar-refractivity contribution >= 4 is 21.6 Å². The van der Waals surface area contributed by atoms with E-state index in [0.717, 1.165) is 30.7 Å². The minimum Gasteiger partial charge on any atom is -0.381 e. The summed E-state index contributed by atoms with van der Waals surface area (Å²) in [5.41, 5.74) is 2.13. The molecule has 3 aromatic rings. The van der Waals surface area contributed by atoms with Crippen molar-refractivity contribution < 1.29 is 17.9 Å². The van der Waals surface area contributed by atoms with Gasteiger partial charge in [0, 0.05) is 50.2 Å². The Labute approximate surface area is 180 Å². The summed E-state index contributed by atoms with van der Waals surface area (Å²) in [6.07, 6.45) is 7.20. The quantitative estimate of drug-likeness (QED) is 0.656. The largest absolute Gasteiger partial charge is 0.381 e. The zero-order valence-electron chi connectivity index (χ0n) is 17.0. The van der Waals surface area contributed by atoms with Crippen LogP contribution in [0.2, 0.25) is 0 Å². The van der Waals surface area contributed by atoms with Crippen LogP contribution in [0, 0.1) is 5.41 Å². The number of pyridine rings is 1. The van der Waals surface area contributed by atoms with Gasteiger partial charge >= 0.3 is 0 Å². The van der Waals surface area contributed by atoms with Gasteiger partial charge in [0.2, 0.25) is 10.0 Å². The number of hydrogen-bond acceptors (Lipinski definition) is 5. The Morgan fingerprint density at radius 1 is 1.16 bits per heavy atom. The summed E-state index contributed by atoms with van der Waals surface area (Å²) in [4.78, 5) is 16.9. The SMILES string of the molecule is O=C(NCc1ccc(S(=O)(=O)N2CC3(CCCOC3)C2)cc1)c1ccc2nccn2c1. The van der Waals surface area contributed by atoms with Crippen molar-refractivity contribution in [2.24, 2.45) is 5.41 Å². The normalized spacial score (nSPS) is 18.7. The Balaban J connectivity index is 1.20. The highest BCUT2D eigenvalue weighted by Gasteiger charge is 2.49. The molecular weight excluding hydrogens is 416 g/mol. The number of hydrogen-bond donors (Lipinski definition) is 1. The third kappa shape index (κ3) is 3.84. The van der Waals surface area contributed by atoms with E-state index in [2.05, 4.69) is 10.3 Å². The second-order valence-electron chi connectivity index (χ2n) is 8.37. The fourth-order valence-electron chi connectivity index (χ4n) is 4.30. The van der Waals surface area contributed by atoms with Crippen LogP contribution < -0.4 is 5.32 Å². The standard InChI is InChI=1S/C22H24N4O4S/c27-21(18-4-7-20-23-9-10-25(20)13-18)24-12-17-2-5-19(6-3-17)31(28,29)26-14-22(15-26)8-1-11-30-16-22/h2-7,9-10,13H,1,8,11-12,14-16H2,(H,24,27). The maximum Gasteiger partial charge on any atom is 0.253 e. The second-order valence-corrected chi connectivity index (χ2v) is 10.3. The van der Waals surface area contributed by atoms with Crippen molar-refractivity contribution in [3.63, 3.8) is 0 Å². The highest BCUT2D eigenvalue weighted by atomic mass is 32.2. The van der Waals surface area contributed by atoms with Gasteiger partial charge in [0.1, 0.15) is 5.65 Å². The van der Waals surface area contributed by atoms with Gasteiger partial charge in [-0.1, -0.05) is 12.1 Å². The first-order chi connectivity index (χ1) is 15.0. The van der Waals surface area contributed by atoms with E-state index < -0.39 is 10.0 Å². The minimum atomic E-state index is -3.50. The molecule has 0 bridgehead atoms. The van der Waals surface area contributed by atoms with Gasteiger partial charge in [-0.2, -0.15) is 4.31 Å². The van der Waals surface area contributed by atoms with E-state index in [4.69, 9.17) is 4.74 Å². The number of ether oxygens (including phenoxy) is 1. The van der Waals surface area contributed by atoms with Crippen LogP contribution in [0.25, 0.3) is 5.65 Å². The molecule has 8 nitrogen and oxygen atoms in total. The molecule has 2 fully saturated rings. The third-order valence-electron chi connectivity index (χ3n) is 6.09. The van der Waals surface area contributed by atoms with Crippen LogP contribution in [-0.4, -0.2) is 54.3 Å². The number of carbonyl (C=O) groups excluding carboxylic acids is 1. The van der Waals surface area contributed by atoms with Crippen molar-refractivity contribution in [2.75, 3.05) is 26.3 Å². The predicted molar refractivity (Wildman–Crippen MR) is 114 cm³/mol. The number of nitrogens with one attached hydrogen (secondary N) is 1. The van der Waals surface area contributed by atoms with Gasteiger partial charge in [0.05, 0.1) is 17.1 Å². The van der Waals surface area contributed by atoms with Crippen LogP contribution in [0.3, 0.4) is 0 Å². The highest BCUT2D eigenvalue weighted by molar-refractivity contribution is 7.89. The molecule has 31 heavy (non-hydrogen) atoms. The molecule has 2 aliphatic rings. The smallest absolute Gasteiger partial charge is 0.253 e. The summed E-state index contributed by atoms with van der Waals surface area (Å²) < 4.78 is 34.7. The monoisotopic (exact) mass is 440 g/mol. The molecule has 1 N–H and O–H groups in total. The van der Waals surface area contributed by atoms with Gasteiger partial charge < -0.3 is 14.5 Å². The Hall–Kier alpha value is -2.75. The number of sulfonamides is 1. The molecule has 1 aromatic carbocycles. The summed E-state index contributed by atoms with van der Waals surface area (Å²) in [6.45, 7) is 2.77. The van der Waals surface area contributed by atoms with E-state index in [9.17, 15) is 13.2 Å². The number of rotatable bonds is 5. The summed E-state index contributed by atoms with van der Waals surface area (Å²) in [6, 6.07) is 10.2. The lowest BCUT2D eigenvalue weighted by Gasteiger charge is -2.50. The van der Waals surface area contributed by atoms with Crippen molar-refractivity contribution in [1.29, 1.82) is 0 Å². The fraction of sp³-hybridized carbons (Fsp3) is 0.364. The molecule has 0 unspecified atom stereocenters. The lowest BCUT2D eigenvalue weighted by molar-refractivity contribution is -0.0701. The number of aromatic nitrogens is 2. The van der Waals surface area contributed by atoms with Gasteiger partial charge in [0.15, 0.2) is 0 Å². The number of imidazole rings is 1. The molecule has 2 aromatic heterocycles. The Kier molecular flexibility index (Phi) is 5.04. The van der Waals surface area contributed by atoms with Crippen LogP contribution in [0.5, 0.6) is 0 Å². The van der Waals surface area contributed by atoms with Gasteiger partial charge in [-0.3, -0.25) is 4.79 Å². The number of carbonyl (C=O) groups is 1. The molecule has 1 spiro atoms. The third-order valence-corrected chi connectivity index (χ3v) is 7.90. The molecular formula is C22H24N4O4S. The van der Waals surface area contributed by atoms with Crippen LogP contribution in [0.1, 0.15) is 28.8 Å². The zero-order valence-corrected chi connectivity index (χ0v) is 17.8. The molecule has 2 saturated heterocycles. The Morgan fingerprint density at radius 2 is 1.97 bits per heavy atom. The molecule has 0 aliphatic carbocycles. The molecule has 5 rings (SSSR count). The summed E-state index contributed by atoms with van der Waals surface area (Å²) in [5, 5.41) is 2.87. The van der Waals surface area contributed by atoms with Crippen molar-refractivity contribution in [1.82, 2.24) is 19.0 Å². The number of benzene rings is 1. The lowest BCUT2D eigenvalue weighted by atomic mass is 9.77. The molecule has 1 amide bonds. The molecule has 2 aliphatic heterocycles. The molecule has 9 heteroatoms. The van der Waals surface area contributed by atoms with E-state index in [1.165, 1.54) is 4.31 Å². The van der Waals surface area contributed by atoms with Crippen LogP contribution in [-0.2, 0) is 21.3 Å². The number of nitrogens with zero attached hydrogens (tertiary/aromatic N) is 3. The van der Waals surface area contributed by atoms with E-state index >= 15 is 0 Å². The van der Waals surface area contributed by atoms with Crippen LogP contribution >= 0.6 is 0 Å². The lowest BCUT2D eigenvalue weighted by Crippen LogP contribution is -2.61. The molecule has 0 atom stereocenters. The minimum absolute atomic E-state index is 0.00469.